The Morgan fingerprint density at radius 2 is 1.48 bits per heavy atom. The van der Waals surface area contributed by atoms with Gasteiger partial charge in [0.2, 0.25) is 15.8 Å². The van der Waals surface area contributed by atoms with Gasteiger partial charge in [-0.25, -0.2) is 13.6 Å². The molecule has 1 heterocycles. The Balaban J connectivity index is 1.65. The van der Waals surface area contributed by atoms with Crippen molar-refractivity contribution in [3.8, 4) is 34.0 Å². The van der Waals surface area contributed by atoms with E-state index in [9.17, 15) is 8.42 Å². The van der Waals surface area contributed by atoms with Crippen LogP contribution in [-0.2, 0) is 10.0 Å². The summed E-state index contributed by atoms with van der Waals surface area (Å²) in [6.07, 6.45) is 0. The SMILES string of the molecule is Cc1ccccc1-c1ccc(-c2nc(-c3ccc(S(N)(=O)=O)cc3)no2)cc1C. The van der Waals surface area contributed by atoms with Gasteiger partial charge in [-0.1, -0.05) is 35.5 Å². The average Bonchev–Trinajstić information content (AvgIpc) is 3.18. The topological polar surface area (TPSA) is 99.1 Å². The van der Waals surface area contributed by atoms with Crippen LogP contribution in [0, 0.1) is 13.8 Å². The Hall–Kier alpha value is -3.29. The molecular formula is C22H19N3O3S. The summed E-state index contributed by atoms with van der Waals surface area (Å²) < 4.78 is 28.2. The Morgan fingerprint density at radius 1 is 0.828 bits per heavy atom. The van der Waals surface area contributed by atoms with E-state index in [0.717, 1.165) is 16.7 Å². The molecule has 1 aromatic heterocycles. The molecule has 0 saturated carbocycles. The van der Waals surface area contributed by atoms with Gasteiger partial charge >= 0.3 is 0 Å². The highest BCUT2D eigenvalue weighted by molar-refractivity contribution is 7.89. The minimum Gasteiger partial charge on any atom is -0.334 e. The largest absolute Gasteiger partial charge is 0.334 e. The molecule has 3 aromatic carbocycles. The van der Waals surface area contributed by atoms with Crippen LogP contribution in [-0.4, -0.2) is 18.6 Å². The molecule has 2 N–H and O–H groups in total. The summed E-state index contributed by atoms with van der Waals surface area (Å²) in [6.45, 7) is 4.14. The van der Waals surface area contributed by atoms with Crippen LogP contribution >= 0.6 is 0 Å². The fourth-order valence-electron chi connectivity index (χ4n) is 3.23. The lowest BCUT2D eigenvalue weighted by Gasteiger charge is -2.10. The molecule has 4 rings (SSSR count). The van der Waals surface area contributed by atoms with E-state index in [4.69, 9.17) is 9.66 Å². The quantitative estimate of drug-likeness (QED) is 0.545. The predicted octanol–water partition coefficient (Wildman–Crippen LogP) is 4.33. The third-order valence-electron chi connectivity index (χ3n) is 4.78. The van der Waals surface area contributed by atoms with E-state index in [1.165, 1.54) is 23.3 Å². The van der Waals surface area contributed by atoms with Gasteiger partial charge in [-0.3, -0.25) is 0 Å². The van der Waals surface area contributed by atoms with E-state index in [2.05, 4.69) is 42.2 Å². The van der Waals surface area contributed by atoms with Crippen LogP contribution in [0.1, 0.15) is 11.1 Å². The molecule has 0 aliphatic rings. The van der Waals surface area contributed by atoms with Crippen LogP contribution in [0.5, 0.6) is 0 Å². The first-order valence-electron chi connectivity index (χ1n) is 8.97. The summed E-state index contributed by atoms with van der Waals surface area (Å²) in [5, 5.41) is 9.14. The van der Waals surface area contributed by atoms with Crippen LogP contribution in [0.3, 0.4) is 0 Å². The number of primary sulfonamides is 1. The normalized spacial score (nSPS) is 11.6. The molecule has 7 heteroatoms. The summed E-state index contributed by atoms with van der Waals surface area (Å²) >= 11 is 0. The Morgan fingerprint density at radius 3 is 2.14 bits per heavy atom. The van der Waals surface area contributed by atoms with Crippen molar-refractivity contribution < 1.29 is 12.9 Å². The third kappa shape index (κ3) is 3.83. The van der Waals surface area contributed by atoms with Gasteiger partial charge in [-0.2, -0.15) is 4.98 Å². The van der Waals surface area contributed by atoms with E-state index < -0.39 is 10.0 Å². The van der Waals surface area contributed by atoms with Crippen LogP contribution < -0.4 is 5.14 Å². The second-order valence-corrected chi connectivity index (χ2v) is 8.40. The highest BCUT2D eigenvalue weighted by Gasteiger charge is 2.14. The van der Waals surface area contributed by atoms with Crippen molar-refractivity contribution in [3.05, 3.63) is 77.9 Å². The maximum Gasteiger partial charge on any atom is 0.258 e. The number of nitrogens with two attached hydrogens (primary N) is 1. The van der Waals surface area contributed by atoms with E-state index in [0.29, 0.717) is 17.3 Å². The van der Waals surface area contributed by atoms with Gasteiger partial charge < -0.3 is 4.52 Å². The summed E-state index contributed by atoms with van der Waals surface area (Å²) in [4.78, 5) is 4.48. The maximum atomic E-state index is 11.4. The first-order valence-corrected chi connectivity index (χ1v) is 10.5. The third-order valence-corrected chi connectivity index (χ3v) is 5.70. The zero-order chi connectivity index (χ0) is 20.6. The lowest BCUT2D eigenvalue weighted by molar-refractivity contribution is 0.432. The molecule has 146 valence electrons. The van der Waals surface area contributed by atoms with Crippen molar-refractivity contribution in [2.75, 3.05) is 0 Å². The van der Waals surface area contributed by atoms with Gasteiger partial charge in [0.25, 0.3) is 5.89 Å². The van der Waals surface area contributed by atoms with E-state index in [1.807, 2.05) is 24.3 Å². The van der Waals surface area contributed by atoms with Crippen molar-refractivity contribution in [3.63, 3.8) is 0 Å². The Labute approximate surface area is 169 Å². The Bertz CT molecular complexity index is 1290. The molecule has 0 unspecified atom stereocenters. The zero-order valence-electron chi connectivity index (χ0n) is 16.0. The summed E-state index contributed by atoms with van der Waals surface area (Å²) in [5.41, 5.74) is 6.13. The first kappa shape index (κ1) is 19.0. The number of nitrogens with zero attached hydrogens (tertiary/aromatic N) is 2. The number of hydrogen-bond acceptors (Lipinski definition) is 5. The number of aryl methyl sites for hydroxylation is 2. The fraction of sp³-hybridized carbons (Fsp3) is 0.0909. The molecule has 0 radical (unpaired) electrons. The molecule has 0 atom stereocenters. The van der Waals surface area contributed by atoms with Gasteiger partial charge in [0, 0.05) is 11.1 Å². The van der Waals surface area contributed by atoms with Crippen LogP contribution in [0.15, 0.2) is 76.1 Å². The average molecular weight is 405 g/mol. The van der Waals surface area contributed by atoms with Crippen molar-refractivity contribution in [1.82, 2.24) is 10.1 Å². The molecule has 6 nitrogen and oxygen atoms in total. The maximum absolute atomic E-state index is 11.4. The van der Waals surface area contributed by atoms with Gasteiger partial charge in [0.05, 0.1) is 4.90 Å². The Kier molecular flexibility index (Phi) is 4.77. The summed E-state index contributed by atoms with van der Waals surface area (Å²) in [6, 6.07) is 20.3. The van der Waals surface area contributed by atoms with Gasteiger partial charge in [0.15, 0.2) is 0 Å². The van der Waals surface area contributed by atoms with Gasteiger partial charge in [-0.15, -0.1) is 0 Å². The fourth-order valence-corrected chi connectivity index (χ4v) is 3.74. The molecule has 4 aromatic rings. The van der Waals surface area contributed by atoms with Crippen molar-refractivity contribution in [1.29, 1.82) is 0 Å². The van der Waals surface area contributed by atoms with Gasteiger partial charge in [0.1, 0.15) is 0 Å². The predicted molar refractivity (Wildman–Crippen MR) is 111 cm³/mol. The molecule has 0 spiro atoms. The lowest BCUT2D eigenvalue weighted by atomic mass is 9.95. The van der Waals surface area contributed by atoms with E-state index in [-0.39, 0.29) is 4.90 Å². The van der Waals surface area contributed by atoms with Crippen LogP contribution in [0.4, 0.5) is 0 Å². The highest BCUT2D eigenvalue weighted by Crippen LogP contribution is 2.30. The smallest absolute Gasteiger partial charge is 0.258 e. The number of benzene rings is 3. The minimum atomic E-state index is -3.74. The molecule has 0 aliphatic carbocycles. The lowest BCUT2D eigenvalue weighted by Crippen LogP contribution is -2.11. The standard InChI is InChI=1S/C22H19N3O3S/c1-14-5-3-4-6-19(14)20-12-9-17(13-15(20)2)22-24-21(25-28-22)16-7-10-18(11-8-16)29(23,26)27/h3-13H,1-2H3,(H2,23,26,27). The number of sulfonamides is 1. The molecule has 0 fully saturated rings. The van der Waals surface area contributed by atoms with E-state index >= 15 is 0 Å². The van der Waals surface area contributed by atoms with E-state index in [1.54, 1.807) is 12.1 Å². The molecule has 0 amide bonds. The van der Waals surface area contributed by atoms with Crippen molar-refractivity contribution in [2.24, 2.45) is 5.14 Å². The van der Waals surface area contributed by atoms with Gasteiger partial charge in [-0.05, 0) is 72.5 Å². The van der Waals surface area contributed by atoms with Crippen molar-refractivity contribution >= 4 is 10.0 Å². The minimum absolute atomic E-state index is 0.0346. The highest BCUT2D eigenvalue weighted by atomic mass is 32.2. The second-order valence-electron chi connectivity index (χ2n) is 6.84. The molecule has 0 saturated heterocycles. The molecule has 29 heavy (non-hydrogen) atoms. The number of rotatable bonds is 4. The zero-order valence-corrected chi connectivity index (χ0v) is 16.8. The monoisotopic (exact) mass is 405 g/mol. The molecular weight excluding hydrogens is 386 g/mol. The van der Waals surface area contributed by atoms with Crippen molar-refractivity contribution in [2.45, 2.75) is 18.7 Å². The summed E-state index contributed by atoms with van der Waals surface area (Å²) in [7, 11) is -3.74. The first-order chi connectivity index (χ1) is 13.8. The van der Waals surface area contributed by atoms with Crippen LogP contribution in [0.25, 0.3) is 34.0 Å². The second kappa shape index (κ2) is 7.27. The summed E-state index contributed by atoms with van der Waals surface area (Å²) in [5.74, 6) is 0.775. The number of hydrogen-bond donors (Lipinski definition) is 1. The van der Waals surface area contributed by atoms with Crippen LogP contribution in [0.2, 0.25) is 0 Å². The molecule has 0 aliphatic heterocycles. The number of aromatic nitrogens is 2. The molecule has 0 bridgehead atoms.